The Labute approximate surface area is 151 Å². The Morgan fingerprint density at radius 2 is 2.04 bits per heavy atom. The number of anilines is 1. The number of halogens is 2. The minimum absolute atomic E-state index is 0.130. The van der Waals surface area contributed by atoms with E-state index in [1.807, 2.05) is 0 Å². The molecule has 6 nitrogen and oxygen atoms in total. The number of carbonyl (C=O) groups is 1. The Hall–Kier alpha value is -2.81. The van der Waals surface area contributed by atoms with Crippen molar-refractivity contribution >= 4 is 23.5 Å². The summed E-state index contributed by atoms with van der Waals surface area (Å²) < 4.78 is 29.2. The molecular weight excluding hydrogens is 360 g/mol. The monoisotopic (exact) mass is 373 g/mol. The highest BCUT2D eigenvalue weighted by molar-refractivity contribution is 8.00. The van der Waals surface area contributed by atoms with Crippen LogP contribution in [0.2, 0.25) is 0 Å². The van der Waals surface area contributed by atoms with Gasteiger partial charge in [0.05, 0.1) is 16.7 Å². The molecule has 1 atom stereocenters. The first kappa shape index (κ1) is 16.6. The Morgan fingerprint density at radius 3 is 2.77 bits per heavy atom. The second-order valence-corrected chi connectivity index (χ2v) is 6.81. The summed E-state index contributed by atoms with van der Waals surface area (Å²) in [7, 11) is 0. The molecule has 0 saturated carbocycles. The lowest BCUT2D eigenvalue weighted by Gasteiger charge is -2.16. The number of fused-ring (bicyclic) bond motifs is 1. The maximum atomic E-state index is 14.4. The maximum Gasteiger partial charge on any atom is 0.252 e. The van der Waals surface area contributed by atoms with Crippen LogP contribution in [0.4, 0.5) is 14.6 Å². The molecule has 2 aromatic heterocycles. The first-order valence-corrected chi connectivity index (χ1v) is 8.83. The summed E-state index contributed by atoms with van der Waals surface area (Å²) in [5, 5.41) is 6.72. The molecule has 0 fully saturated rings. The van der Waals surface area contributed by atoms with Crippen molar-refractivity contribution in [3.8, 4) is 5.95 Å². The van der Waals surface area contributed by atoms with Gasteiger partial charge in [-0.25, -0.2) is 18.7 Å². The number of carbonyl (C=O) groups excluding carboxylic acids is 1. The van der Waals surface area contributed by atoms with Crippen LogP contribution in [0.15, 0.2) is 36.7 Å². The van der Waals surface area contributed by atoms with Crippen LogP contribution in [0.25, 0.3) is 5.95 Å². The van der Waals surface area contributed by atoms with Gasteiger partial charge in [-0.3, -0.25) is 4.79 Å². The van der Waals surface area contributed by atoms with Gasteiger partial charge in [0.25, 0.3) is 5.95 Å². The zero-order valence-corrected chi connectivity index (χ0v) is 14.4. The van der Waals surface area contributed by atoms with E-state index in [4.69, 9.17) is 0 Å². The normalized spacial score (nSPS) is 16.7. The molecule has 132 valence electrons. The van der Waals surface area contributed by atoms with Gasteiger partial charge < -0.3 is 5.32 Å². The molecule has 4 rings (SSSR count). The van der Waals surface area contributed by atoms with E-state index >= 15 is 0 Å². The van der Waals surface area contributed by atoms with Crippen LogP contribution < -0.4 is 5.32 Å². The number of amides is 1. The van der Waals surface area contributed by atoms with Crippen molar-refractivity contribution in [2.24, 2.45) is 0 Å². The molecular formula is C17H13F2N5OS. The van der Waals surface area contributed by atoms with Gasteiger partial charge >= 0.3 is 0 Å². The quantitative estimate of drug-likeness (QED) is 0.748. The van der Waals surface area contributed by atoms with E-state index in [1.54, 1.807) is 25.4 Å². The van der Waals surface area contributed by atoms with Crippen molar-refractivity contribution in [2.75, 3.05) is 11.1 Å². The van der Waals surface area contributed by atoms with Gasteiger partial charge in [-0.05, 0) is 19.1 Å². The van der Waals surface area contributed by atoms with Crippen molar-refractivity contribution in [3.63, 3.8) is 0 Å². The highest BCUT2D eigenvalue weighted by atomic mass is 32.2. The van der Waals surface area contributed by atoms with Crippen LogP contribution >= 0.6 is 11.8 Å². The highest BCUT2D eigenvalue weighted by Crippen LogP contribution is 2.44. The predicted octanol–water partition coefficient (Wildman–Crippen LogP) is 3.02. The van der Waals surface area contributed by atoms with Crippen LogP contribution in [0, 0.1) is 18.6 Å². The first-order chi connectivity index (χ1) is 12.5. The number of benzene rings is 1. The highest BCUT2D eigenvalue weighted by Gasteiger charge is 2.32. The number of thioether (sulfide) groups is 1. The Bertz CT molecular complexity index is 992. The number of hydrogen-bond donors (Lipinski definition) is 1. The topological polar surface area (TPSA) is 72.7 Å². The average molecular weight is 373 g/mol. The van der Waals surface area contributed by atoms with Crippen LogP contribution in [0.1, 0.15) is 22.1 Å². The summed E-state index contributed by atoms with van der Waals surface area (Å²) in [6, 6.07) is 5.12. The van der Waals surface area contributed by atoms with Crippen molar-refractivity contribution in [1.82, 2.24) is 19.7 Å². The second kappa shape index (κ2) is 6.49. The van der Waals surface area contributed by atoms with Gasteiger partial charge in [-0.1, -0.05) is 6.07 Å². The summed E-state index contributed by atoms with van der Waals surface area (Å²) in [5.41, 5.74) is 1.56. The van der Waals surface area contributed by atoms with Crippen molar-refractivity contribution < 1.29 is 13.6 Å². The Kier molecular flexibility index (Phi) is 4.15. The number of hydrogen-bond acceptors (Lipinski definition) is 5. The molecule has 0 radical (unpaired) electrons. The molecule has 26 heavy (non-hydrogen) atoms. The number of aryl methyl sites for hydroxylation is 1. The van der Waals surface area contributed by atoms with Gasteiger partial charge in [0.1, 0.15) is 17.5 Å². The molecule has 0 spiro atoms. The fraction of sp³-hybridized carbons (Fsp3) is 0.176. The van der Waals surface area contributed by atoms with E-state index in [-0.39, 0.29) is 11.7 Å². The number of aromatic nitrogens is 4. The first-order valence-electron chi connectivity index (χ1n) is 7.78. The summed E-state index contributed by atoms with van der Waals surface area (Å²) in [4.78, 5) is 20.5. The summed E-state index contributed by atoms with van der Waals surface area (Å²) in [5.74, 6) is -0.723. The van der Waals surface area contributed by atoms with Gasteiger partial charge in [0, 0.05) is 29.6 Å². The molecule has 1 amide bonds. The van der Waals surface area contributed by atoms with E-state index < -0.39 is 16.9 Å². The number of rotatable bonds is 2. The Morgan fingerprint density at radius 1 is 1.27 bits per heavy atom. The zero-order valence-electron chi connectivity index (χ0n) is 13.6. The summed E-state index contributed by atoms with van der Waals surface area (Å²) in [6.07, 6.45) is 3.13. The molecule has 3 aromatic rings. The standard InChI is InChI=1S/C17H13F2N5OS/c1-9-14-15(11-4-3-10(18)7-12(11)19)26-8-13(25)22-16(14)24(23-9)17-20-5-2-6-21-17/h2-7,15H,8H2,1H3,(H,22,25). The lowest BCUT2D eigenvalue weighted by Crippen LogP contribution is -2.16. The largest absolute Gasteiger partial charge is 0.309 e. The minimum atomic E-state index is -0.661. The Balaban J connectivity index is 1.91. The molecule has 1 N–H and O–H groups in total. The van der Waals surface area contributed by atoms with E-state index in [2.05, 4.69) is 20.4 Å². The number of nitrogens with one attached hydrogen (secondary N) is 1. The second-order valence-electron chi connectivity index (χ2n) is 5.71. The molecule has 0 bridgehead atoms. The molecule has 9 heteroatoms. The third kappa shape index (κ3) is 2.84. The molecule has 1 aliphatic heterocycles. The average Bonchev–Trinajstić information content (AvgIpc) is 2.83. The van der Waals surface area contributed by atoms with Crippen LogP contribution in [0.3, 0.4) is 0 Å². The summed E-state index contributed by atoms with van der Waals surface area (Å²) >= 11 is 1.26. The van der Waals surface area contributed by atoms with Gasteiger partial charge in [-0.2, -0.15) is 9.78 Å². The van der Waals surface area contributed by atoms with E-state index in [0.29, 0.717) is 28.6 Å². The molecule has 1 unspecified atom stereocenters. The molecule has 3 heterocycles. The van der Waals surface area contributed by atoms with Gasteiger partial charge in [-0.15, -0.1) is 11.8 Å². The maximum absolute atomic E-state index is 14.4. The van der Waals surface area contributed by atoms with Crippen molar-refractivity contribution in [3.05, 3.63) is 65.1 Å². The van der Waals surface area contributed by atoms with E-state index in [1.165, 1.54) is 28.6 Å². The molecule has 0 saturated heterocycles. The fourth-order valence-corrected chi connectivity index (χ4v) is 4.10. The fourth-order valence-electron chi connectivity index (χ4n) is 2.89. The van der Waals surface area contributed by atoms with Crippen molar-refractivity contribution in [2.45, 2.75) is 12.2 Å². The molecule has 1 aliphatic rings. The third-order valence-electron chi connectivity index (χ3n) is 3.99. The minimum Gasteiger partial charge on any atom is -0.309 e. The van der Waals surface area contributed by atoms with E-state index in [9.17, 15) is 13.6 Å². The molecule has 0 aliphatic carbocycles. The van der Waals surface area contributed by atoms with Crippen molar-refractivity contribution in [1.29, 1.82) is 0 Å². The smallest absolute Gasteiger partial charge is 0.252 e. The lowest BCUT2D eigenvalue weighted by atomic mass is 10.0. The summed E-state index contributed by atoms with van der Waals surface area (Å²) in [6.45, 7) is 1.77. The number of nitrogens with zero attached hydrogens (tertiary/aromatic N) is 4. The van der Waals surface area contributed by atoms with Crippen LogP contribution in [0.5, 0.6) is 0 Å². The van der Waals surface area contributed by atoms with Crippen LogP contribution in [-0.4, -0.2) is 31.4 Å². The van der Waals surface area contributed by atoms with E-state index in [0.717, 1.165) is 6.07 Å². The zero-order chi connectivity index (χ0) is 18.3. The van der Waals surface area contributed by atoms with Crippen LogP contribution in [-0.2, 0) is 4.79 Å². The lowest BCUT2D eigenvalue weighted by molar-refractivity contribution is -0.113. The predicted molar refractivity (Wildman–Crippen MR) is 93.2 cm³/mol. The third-order valence-corrected chi connectivity index (χ3v) is 5.25. The SMILES string of the molecule is Cc1nn(-c2ncccn2)c2c1C(c1ccc(F)cc1F)SCC(=O)N2. The van der Waals surface area contributed by atoms with Gasteiger partial charge in [0.15, 0.2) is 0 Å². The molecule has 1 aromatic carbocycles. The van der Waals surface area contributed by atoms with Gasteiger partial charge in [0.2, 0.25) is 5.91 Å².